The first kappa shape index (κ1) is 15.3. The van der Waals surface area contributed by atoms with Gasteiger partial charge in [-0.15, -0.1) is 0 Å². The number of hydrogen-bond acceptors (Lipinski definition) is 2. The number of carbonyl (C=O) groups is 1. The normalized spacial score (nSPS) is 21.4. The predicted octanol–water partition coefficient (Wildman–Crippen LogP) is 4.20. The van der Waals surface area contributed by atoms with Crippen molar-refractivity contribution in [2.45, 2.75) is 54.9 Å². The average molecular weight is 252 g/mol. The monoisotopic (exact) mass is 252 g/mol. The Labute approximate surface area is 112 Å². The molecule has 1 aliphatic carbocycles. The van der Waals surface area contributed by atoms with Gasteiger partial charge in [0.25, 0.3) is 0 Å². The van der Waals surface area contributed by atoms with E-state index in [0.29, 0.717) is 18.3 Å². The van der Waals surface area contributed by atoms with E-state index < -0.39 is 0 Å². The van der Waals surface area contributed by atoms with Crippen LogP contribution in [0.15, 0.2) is 11.3 Å². The Kier molecular flexibility index (Phi) is 4.63. The molecule has 0 aromatic rings. The Morgan fingerprint density at radius 2 is 1.78 bits per heavy atom. The molecular formula is C16H28O2. The minimum absolute atomic E-state index is 0.0141. The molecule has 0 radical (unpaired) electrons. The lowest BCUT2D eigenvalue weighted by Crippen LogP contribution is -2.26. The summed E-state index contributed by atoms with van der Waals surface area (Å²) in [6, 6.07) is 0. The molecule has 1 unspecified atom stereocenters. The third-order valence-electron chi connectivity index (χ3n) is 3.49. The highest BCUT2D eigenvalue weighted by Crippen LogP contribution is 2.42. The lowest BCUT2D eigenvalue weighted by Gasteiger charge is -2.25. The second-order valence-electron chi connectivity index (χ2n) is 7.18. The predicted molar refractivity (Wildman–Crippen MR) is 75.2 cm³/mol. The lowest BCUT2D eigenvalue weighted by atomic mass is 9.77. The van der Waals surface area contributed by atoms with Crippen molar-refractivity contribution in [3.63, 3.8) is 0 Å². The molecule has 0 heterocycles. The van der Waals surface area contributed by atoms with Crippen LogP contribution < -0.4 is 0 Å². The summed E-state index contributed by atoms with van der Waals surface area (Å²) in [5.41, 5.74) is 0.941. The van der Waals surface area contributed by atoms with Gasteiger partial charge in [0.1, 0.15) is 5.76 Å². The average Bonchev–Trinajstić information content (AvgIpc) is 2.51. The van der Waals surface area contributed by atoms with E-state index in [9.17, 15) is 4.79 Å². The summed E-state index contributed by atoms with van der Waals surface area (Å²) in [6.45, 7) is 15.5. The van der Waals surface area contributed by atoms with Crippen LogP contribution in [0.3, 0.4) is 0 Å². The molecule has 104 valence electrons. The molecule has 0 saturated heterocycles. The van der Waals surface area contributed by atoms with Crippen molar-refractivity contribution in [2.75, 3.05) is 6.61 Å². The van der Waals surface area contributed by atoms with Crippen molar-refractivity contribution in [2.24, 2.45) is 23.2 Å². The Balaban J connectivity index is 2.92. The molecule has 0 spiro atoms. The Bertz CT molecular complexity index is 343. The molecule has 0 aromatic carbocycles. The molecule has 2 heteroatoms. The zero-order valence-electron chi connectivity index (χ0n) is 13.0. The van der Waals surface area contributed by atoms with Gasteiger partial charge < -0.3 is 4.74 Å². The van der Waals surface area contributed by atoms with Gasteiger partial charge in [0, 0.05) is 17.9 Å². The fourth-order valence-electron chi connectivity index (χ4n) is 2.42. The van der Waals surface area contributed by atoms with Crippen LogP contribution in [-0.2, 0) is 9.53 Å². The third-order valence-corrected chi connectivity index (χ3v) is 3.49. The summed E-state index contributed by atoms with van der Waals surface area (Å²) in [7, 11) is 0. The number of hydrogen-bond donors (Lipinski definition) is 0. The number of ketones is 1. The maximum atomic E-state index is 12.5. The molecule has 1 atom stereocenters. The van der Waals surface area contributed by atoms with Crippen molar-refractivity contribution in [3.05, 3.63) is 11.3 Å². The number of rotatable bonds is 4. The van der Waals surface area contributed by atoms with Gasteiger partial charge in [-0.1, -0.05) is 48.5 Å². The van der Waals surface area contributed by atoms with E-state index in [-0.39, 0.29) is 17.3 Å². The first-order chi connectivity index (χ1) is 8.14. The van der Waals surface area contributed by atoms with E-state index in [1.54, 1.807) is 0 Å². The fourth-order valence-corrected chi connectivity index (χ4v) is 2.42. The zero-order chi connectivity index (χ0) is 14.1. The quantitative estimate of drug-likeness (QED) is 0.749. The Morgan fingerprint density at radius 1 is 1.22 bits per heavy atom. The van der Waals surface area contributed by atoms with E-state index in [2.05, 4.69) is 48.5 Å². The summed E-state index contributed by atoms with van der Waals surface area (Å²) < 4.78 is 5.89. The van der Waals surface area contributed by atoms with Crippen molar-refractivity contribution in [1.29, 1.82) is 0 Å². The highest BCUT2D eigenvalue weighted by atomic mass is 16.5. The summed E-state index contributed by atoms with van der Waals surface area (Å²) in [6.07, 6.45) is 0.780. The van der Waals surface area contributed by atoms with Gasteiger partial charge in [-0.2, -0.15) is 0 Å². The second kappa shape index (κ2) is 5.46. The number of Topliss-reactive ketones (excluding diaryl/α,β-unsaturated/α-hetero) is 1. The van der Waals surface area contributed by atoms with Gasteiger partial charge in [0.2, 0.25) is 0 Å². The summed E-state index contributed by atoms with van der Waals surface area (Å²) in [4.78, 5) is 12.5. The molecule has 0 N–H and O–H groups in total. The largest absolute Gasteiger partial charge is 0.497 e. The Morgan fingerprint density at radius 3 is 2.17 bits per heavy atom. The summed E-state index contributed by atoms with van der Waals surface area (Å²) in [5, 5.41) is 0. The Hall–Kier alpha value is -0.790. The van der Waals surface area contributed by atoms with Gasteiger partial charge in [0.15, 0.2) is 5.78 Å². The van der Waals surface area contributed by atoms with Crippen LogP contribution >= 0.6 is 0 Å². The molecule has 1 rings (SSSR count). The lowest BCUT2D eigenvalue weighted by molar-refractivity contribution is -0.121. The van der Waals surface area contributed by atoms with Crippen molar-refractivity contribution >= 4 is 5.78 Å². The molecule has 0 fully saturated rings. The smallest absolute Gasteiger partial charge is 0.166 e. The van der Waals surface area contributed by atoms with Crippen molar-refractivity contribution < 1.29 is 9.53 Å². The highest BCUT2D eigenvalue weighted by Gasteiger charge is 2.41. The summed E-state index contributed by atoms with van der Waals surface area (Å²) >= 11 is 0. The number of ether oxygens (including phenoxy) is 1. The molecule has 2 nitrogen and oxygen atoms in total. The van der Waals surface area contributed by atoms with Crippen LogP contribution in [-0.4, -0.2) is 12.4 Å². The maximum absolute atomic E-state index is 12.5. The van der Waals surface area contributed by atoms with Crippen LogP contribution in [0, 0.1) is 23.2 Å². The van der Waals surface area contributed by atoms with Gasteiger partial charge in [-0.3, -0.25) is 4.79 Å². The summed E-state index contributed by atoms with van der Waals surface area (Å²) in [5.74, 6) is 2.08. The van der Waals surface area contributed by atoms with Gasteiger partial charge >= 0.3 is 0 Å². The van der Waals surface area contributed by atoms with Crippen LogP contribution in [0.2, 0.25) is 0 Å². The van der Waals surface area contributed by atoms with E-state index in [0.717, 1.165) is 17.8 Å². The molecule has 0 amide bonds. The van der Waals surface area contributed by atoms with E-state index in [4.69, 9.17) is 4.74 Å². The second-order valence-corrected chi connectivity index (χ2v) is 7.18. The highest BCUT2D eigenvalue weighted by molar-refractivity contribution is 6.01. The van der Waals surface area contributed by atoms with E-state index >= 15 is 0 Å². The standard InChI is InChI=1S/C16H28O2/c1-10(2)9-18-13-8-12(16(5,6)7)15(17)14(13)11(3)4/h10-12H,8-9H2,1-7H3. The van der Waals surface area contributed by atoms with E-state index in [1.807, 2.05) is 0 Å². The minimum Gasteiger partial charge on any atom is -0.497 e. The molecule has 0 aliphatic heterocycles. The van der Waals surface area contributed by atoms with Crippen molar-refractivity contribution in [1.82, 2.24) is 0 Å². The fraction of sp³-hybridized carbons (Fsp3) is 0.812. The van der Waals surface area contributed by atoms with Crippen LogP contribution in [0.1, 0.15) is 54.9 Å². The van der Waals surface area contributed by atoms with Crippen LogP contribution in [0.5, 0.6) is 0 Å². The van der Waals surface area contributed by atoms with Crippen LogP contribution in [0.4, 0.5) is 0 Å². The molecule has 18 heavy (non-hydrogen) atoms. The minimum atomic E-state index is 0.0141. The molecule has 0 bridgehead atoms. The number of allylic oxidation sites excluding steroid dienone is 2. The first-order valence-corrected chi connectivity index (χ1v) is 7.04. The van der Waals surface area contributed by atoms with E-state index in [1.165, 1.54) is 0 Å². The topological polar surface area (TPSA) is 26.3 Å². The number of carbonyl (C=O) groups excluding carboxylic acids is 1. The van der Waals surface area contributed by atoms with Crippen LogP contribution in [0.25, 0.3) is 0 Å². The van der Waals surface area contributed by atoms with Gasteiger partial charge in [-0.25, -0.2) is 0 Å². The maximum Gasteiger partial charge on any atom is 0.166 e. The zero-order valence-corrected chi connectivity index (χ0v) is 13.0. The SMILES string of the molecule is CC(C)COC1=C(C(C)C)C(=O)C(C(C)(C)C)C1. The molecule has 0 saturated carbocycles. The molecule has 1 aliphatic rings. The third kappa shape index (κ3) is 3.37. The molecular weight excluding hydrogens is 224 g/mol. The van der Waals surface area contributed by atoms with Gasteiger partial charge in [0.05, 0.1) is 6.61 Å². The molecule has 0 aromatic heterocycles. The van der Waals surface area contributed by atoms with Crippen molar-refractivity contribution in [3.8, 4) is 0 Å². The first-order valence-electron chi connectivity index (χ1n) is 7.04. The van der Waals surface area contributed by atoms with Gasteiger partial charge in [-0.05, 0) is 17.3 Å².